The number of phenols is 1. The van der Waals surface area contributed by atoms with E-state index in [4.69, 9.17) is 17.3 Å². The minimum absolute atomic E-state index is 0.235. The molecule has 0 spiro atoms. The largest absolute Gasteiger partial charge is 0.508 e. The lowest BCUT2D eigenvalue weighted by Gasteiger charge is -2.01. The van der Waals surface area contributed by atoms with Gasteiger partial charge >= 0.3 is 0 Å². The van der Waals surface area contributed by atoms with Crippen LogP contribution in [0.1, 0.15) is 0 Å². The first kappa shape index (κ1) is 11.6. The number of hydrogen-bond acceptors (Lipinski definition) is 2. The Hall–Kier alpha value is -0.880. The van der Waals surface area contributed by atoms with Gasteiger partial charge in [-0.15, -0.1) is 0 Å². The molecule has 1 heterocycles. The van der Waals surface area contributed by atoms with Crippen molar-refractivity contribution in [2.75, 3.05) is 5.73 Å². The van der Waals surface area contributed by atoms with Gasteiger partial charge in [0.2, 0.25) is 0 Å². The van der Waals surface area contributed by atoms with E-state index in [1.54, 1.807) is 16.7 Å². The Labute approximate surface area is 112 Å². The van der Waals surface area contributed by atoms with Gasteiger partial charge < -0.3 is 15.4 Å². The van der Waals surface area contributed by atoms with Crippen LogP contribution in [0.2, 0.25) is 5.15 Å². The van der Waals surface area contributed by atoms with Crippen LogP contribution in [-0.4, -0.2) is 9.67 Å². The highest BCUT2D eigenvalue weighted by Crippen LogP contribution is 2.38. The zero-order valence-electron chi connectivity index (χ0n) is 8.54. The van der Waals surface area contributed by atoms with Crippen LogP contribution in [0.25, 0.3) is 11.1 Å². The summed E-state index contributed by atoms with van der Waals surface area (Å²) in [4.78, 5) is 0. The van der Waals surface area contributed by atoms with E-state index in [1.807, 2.05) is 19.2 Å². The number of aromatic nitrogens is 1. The average molecular weight is 349 g/mol. The number of aromatic hydroxyl groups is 1. The highest BCUT2D eigenvalue weighted by Gasteiger charge is 2.17. The van der Waals surface area contributed by atoms with E-state index < -0.39 is 0 Å². The molecule has 5 heteroatoms. The van der Waals surface area contributed by atoms with Crippen LogP contribution < -0.4 is 5.73 Å². The van der Waals surface area contributed by atoms with Crippen molar-refractivity contribution in [2.24, 2.45) is 7.05 Å². The molecule has 0 radical (unpaired) electrons. The van der Waals surface area contributed by atoms with Crippen LogP contribution in [0.15, 0.2) is 24.3 Å². The van der Waals surface area contributed by atoms with Gasteiger partial charge in [0, 0.05) is 12.6 Å². The fourth-order valence-electron chi connectivity index (χ4n) is 1.51. The second kappa shape index (κ2) is 4.18. The Kier molecular flexibility index (Phi) is 3.03. The standard InChI is InChI=1S/C11H10ClIN2O/c1-15-10(12)8(9(13)11(15)14)6-2-4-7(16)5-3-6/h2-5,16H,14H2,1H3. The van der Waals surface area contributed by atoms with Gasteiger partial charge in [-0.3, -0.25) is 0 Å². The second-order valence-electron chi connectivity index (χ2n) is 3.47. The van der Waals surface area contributed by atoms with Crippen molar-refractivity contribution in [1.82, 2.24) is 4.57 Å². The minimum Gasteiger partial charge on any atom is -0.508 e. The summed E-state index contributed by atoms with van der Waals surface area (Å²) >= 11 is 8.38. The predicted octanol–water partition coefficient (Wildman–Crippen LogP) is 3.24. The van der Waals surface area contributed by atoms with E-state index in [0.717, 1.165) is 14.7 Å². The lowest BCUT2D eigenvalue weighted by Crippen LogP contribution is -1.96. The van der Waals surface area contributed by atoms with Gasteiger partial charge in [-0.1, -0.05) is 23.7 Å². The first-order valence-corrected chi connectivity index (χ1v) is 6.06. The molecule has 3 nitrogen and oxygen atoms in total. The van der Waals surface area contributed by atoms with Crippen molar-refractivity contribution in [1.29, 1.82) is 0 Å². The Bertz CT molecular complexity index is 508. The first-order chi connectivity index (χ1) is 7.52. The van der Waals surface area contributed by atoms with Crippen molar-refractivity contribution in [3.05, 3.63) is 33.0 Å². The fourth-order valence-corrected chi connectivity index (χ4v) is 2.90. The number of anilines is 1. The highest BCUT2D eigenvalue weighted by atomic mass is 127. The van der Waals surface area contributed by atoms with E-state index >= 15 is 0 Å². The smallest absolute Gasteiger partial charge is 0.119 e. The third-order valence-corrected chi connectivity index (χ3v) is 4.00. The predicted molar refractivity (Wildman–Crippen MR) is 74.7 cm³/mol. The molecule has 0 aliphatic heterocycles. The zero-order valence-corrected chi connectivity index (χ0v) is 11.5. The Balaban J connectivity index is 2.64. The van der Waals surface area contributed by atoms with Gasteiger partial charge in [-0.25, -0.2) is 0 Å². The molecule has 16 heavy (non-hydrogen) atoms. The van der Waals surface area contributed by atoms with Crippen LogP contribution in [0.4, 0.5) is 5.82 Å². The molecule has 0 unspecified atom stereocenters. The summed E-state index contributed by atoms with van der Waals surface area (Å²) in [7, 11) is 1.82. The SMILES string of the molecule is Cn1c(N)c(I)c(-c2ccc(O)cc2)c1Cl. The summed E-state index contributed by atoms with van der Waals surface area (Å²) in [5, 5.41) is 9.84. The third-order valence-electron chi connectivity index (χ3n) is 2.46. The summed E-state index contributed by atoms with van der Waals surface area (Å²) < 4.78 is 2.67. The van der Waals surface area contributed by atoms with Crippen molar-refractivity contribution < 1.29 is 5.11 Å². The molecule has 0 atom stereocenters. The monoisotopic (exact) mass is 348 g/mol. The minimum atomic E-state index is 0.235. The van der Waals surface area contributed by atoms with Gasteiger partial charge in [0.1, 0.15) is 16.7 Å². The molecule has 3 N–H and O–H groups in total. The summed E-state index contributed by atoms with van der Waals surface area (Å²) in [6, 6.07) is 6.90. The van der Waals surface area contributed by atoms with Gasteiger partial charge in [0.25, 0.3) is 0 Å². The maximum Gasteiger partial charge on any atom is 0.119 e. The Morgan fingerprint density at radius 2 is 1.88 bits per heavy atom. The van der Waals surface area contributed by atoms with Crippen LogP contribution in [-0.2, 0) is 7.05 Å². The summed E-state index contributed by atoms with van der Waals surface area (Å²) in [5.41, 5.74) is 7.74. The maximum atomic E-state index is 9.24. The molecule has 84 valence electrons. The second-order valence-corrected chi connectivity index (χ2v) is 4.91. The zero-order chi connectivity index (χ0) is 11.9. The molecule has 0 fully saturated rings. The number of nitrogen functional groups attached to an aromatic ring is 1. The van der Waals surface area contributed by atoms with E-state index in [1.165, 1.54) is 0 Å². The summed E-state index contributed by atoms with van der Waals surface area (Å²) in [5.74, 6) is 0.882. The van der Waals surface area contributed by atoms with Crippen LogP contribution >= 0.6 is 34.2 Å². The van der Waals surface area contributed by atoms with Gasteiger partial charge in [0.05, 0.1) is 3.57 Å². The number of benzene rings is 1. The Morgan fingerprint density at radius 1 is 1.31 bits per heavy atom. The van der Waals surface area contributed by atoms with E-state index in [0.29, 0.717) is 11.0 Å². The molecule has 0 saturated heterocycles. The number of hydrogen-bond donors (Lipinski definition) is 2. The number of phenolic OH excluding ortho intramolecular Hbond substituents is 1. The molecule has 2 rings (SSSR count). The number of nitrogens with zero attached hydrogens (tertiary/aromatic N) is 1. The summed E-state index contributed by atoms with van der Waals surface area (Å²) in [6.45, 7) is 0. The number of nitrogens with two attached hydrogens (primary N) is 1. The molecule has 1 aromatic heterocycles. The quantitative estimate of drug-likeness (QED) is 0.777. The normalized spacial score (nSPS) is 10.7. The molecular formula is C11H10ClIN2O. The van der Waals surface area contributed by atoms with Crippen molar-refractivity contribution in [2.45, 2.75) is 0 Å². The third kappa shape index (κ3) is 1.76. The number of halogens is 2. The van der Waals surface area contributed by atoms with Crippen molar-refractivity contribution in [3.8, 4) is 16.9 Å². The van der Waals surface area contributed by atoms with Gasteiger partial charge in [-0.05, 0) is 40.3 Å². The van der Waals surface area contributed by atoms with Crippen molar-refractivity contribution in [3.63, 3.8) is 0 Å². The summed E-state index contributed by atoms with van der Waals surface area (Å²) in [6.07, 6.45) is 0. The van der Waals surface area contributed by atoms with Gasteiger partial charge in [-0.2, -0.15) is 0 Å². The number of rotatable bonds is 1. The van der Waals surface area contributed by atoms with E-state index in [9.17, 15) is 5.11 Å². The van der Waals surface area contributed by atoms with Gasteiger partial charge in [0.15, 0.2) is 0 Å². The lowest BCUT2D eigenvalue weighted by atomic mass is 10.1. The maximum absolute atomic E-state index is 9.24. The molecule has 0 bridgehead atoms. The Morgan fingerprint density at radius 3 is 2.31 bits per heavy atom. The molecule has 0 amide bonds. The molecule has 0 aliphatic rings. The van der Waals surface area contributed by atoms with E-state index in [-0.39, 0.29) is 5.75 Å². The van der Waals surface area contributed by atoms with E-state index in [2.05, 4.69) is 22.6 Å². The molecule has 0 aliphatic carbocycles. The molecule has 2 aromatic rings. The molecule has 0 saturated carbocycles. The van der Waals surface area contributed by atoms with Crippen LogP contribution in [0.5, 0.6) is 5.75 Å². The average Bonchev–Trinajstić information content (AvgIpc) is 2.46. The highest BCUT2D eigenvalue weighted by molar-refractivity contribution is 14.1. The first-order valence-electron chi connectivity index (χ1n) is 4.61. The molecular weight excluding hydrogens is 338 g/mol. The lowest BCUT2D eigenvalue weighted by molar-refractivity contribution is 0.475. The van der Waals surface area contributed by atoms with Crippen LogP contribution in [0.3, 0.4) is 0 Å². The topological polar surface area (TPSA) is 51.2 Å². The van der Waals surface area contributed by atoms with Crippen molar-refractivity contribution >= 4 is 40.0 Å². The van der Waals surface area contributed by atoms with Crippen LogP contribution in [0, 0.1) is 3.57 Å². The fraction of sp³-hybridized carbons (Fsp3) is 0.0909. The molecule has 1 aromatic carbocycles.